The highest BCUT2D eigenvalue weighted by atomic mass is 35.5. The fraction of sp³-hybridized carbons (Fsp3) is 0.471. The molecule has 0 aromatic heterocycles. The lowest BCUT2D eigenvalue weighted by Crippen LogP contribution is -2.10. The van der Waals surface area contributed by atoms with Gasteiger partial charge in [-0.25, -0.2) is 0 Å². The molecule has 0 unspecified atom stereocenters. The van der Waals surface area contributed by atoms with E-state index in [2.05, 4.69) is 11.9 Å². The van der Waals surface area contributed by atoms with Crippen LogP contribution in [0.2, 0.25) is 5.02 Å². The van der Waals surface area contributed by atoms with E-state index < -0.39 is 0 Å². The number of hydrogen-bond acceptors (Lipinski definition) is 1. The number of carbonyl (C=O) groups is 1. The molecule has 2 nitrogen and oxygen atoms in total. The topological polar surface area (TPSA) is 29.1 Å². The summed E-state index contributed by atoms with van der Waals surface area (Å²) in [5, 5.41) is 3.51. The van der Waals surface area contributed by atoms with E-state index in [0.717, 1.165) is 24.9 Å². The molecule has 110 valence electrons. The van der Waals surface area contributed by atoms with Crippen molar-refractivity contribution in [1.29, 1.82) is 0 Å². The van der Waals surface area contributed by atoms with Crippen molar-refractivity contribution in [1.82, 2.24) is 0 Å². The largest absolute Gasteiger partial charge is 0.326 e. The summed E-state index contributed by atoms with van der Waals surface area (Å²) in [6.45, 7) is 3.71. The summed E-state index contributed by atoms with van der Waals surface area (Å²) in [6.07, 6.45) is 10.7. The minimum atomic E-state index is 0.0684. The molecule has 0 spiro atoms. The van der Waals surface area contributed by atoms with Gasteiger partial charge in [0.25, 0.3) is 0 Å². The molecular weight excluding hydrogens is 270 g/mol. The first-order chi connectivity index (χ1) is 9.72. The number of carbonyl (C=O) groups excluding carboxylic acids is 1. The Kier molecular flexibility index (Phi) is 8.81. The van der Waals surface area contributed by atoms with Crippen molar-refractivity contribution < 1.29 is 4.79 Å². The Morgan fingerprint density at radius 1 is 1.15 bits per heavy atom. The van der Waals surface area contributed by atoms with Crippen LogP contribution in [0.15, 0.2) is 36.9 Å². The minimum absolute atomic E-state index is 0.0684. The van der Waals surface area contributed by atoms with E-state index in [1.165, 1.54) is 25.7 Å². The van der Waals surface area contributed by atoms with Crippen LogP contribution in [-0.4, -0.2) is 5.91 Å². The Balaban J connectivity index is 2.04. The zero-order chi connectivity index (χ0) is 14.6. The number of allylic oxidation sites excluding steroid dienone is 1. The van der Waals surface area contributed by atoms with Gasteiger partial charge < -0.3 is 5.32 Å². The third-order valence-corrected chi connectivity index (χ3v) is 3.41. The second-order valence-electron chi connectivity index (χ2n) is 5.01. The van der Waals surface area contributed by atoms with Crippen LogP contribution >= 0.6 is 11.6 Å². The smallest absolute Gasteiger partial charge is 0.224 e. The van der Waals surface area contributed by atoms with Crippen LogP contribution in [0.25, 0.3) is 0 Å². The Hall–Kier alpha value is -1.28. The third kappa shape index (κ3) is 8.00. The zero-order valence-corrected chi connectivity index (χ0v) is 12.8. The summed E-state index contributed by atoms with van der Waals surface area (Å²) in [7, 11) is 0. The van der Waals surface area contributed by atoms with E-state index >= 15 is 0 Å². The molecule has 1 N–H and O–H groups in total. The van der Waals surface area contributed by atoms with Crippen molar-refractivity contribution in [3.63, 3.8) is 0 Å². The maximum atomic E-state index is 11.7. The molecule has 20 heavy (non-hydrogen) atoms. The van der Waals surface area contributed by atoms with Crippen LogP contribution in [0.4, 0.5) is 5.69 Å². The highest BCUT2D eigenvalue weighted by Crippen LogP contribution is 2.15. The Morgan fingerprint density at radius 2 is 1.85 bits per heavy atom. The molecule has 1 amide bonds. The van der Waals surface area contributed by atoms with Crippen LogP contribution in [0.1, 0.15) is 51.4 Å². The molecule has 0 fully saturated rings. The van der Waals surface area contributed by atoms with Crippen molar-refractivity contribution in [2.45, 2.75) is 51.4 Å². The fourth-order valence-corrected chi connectivity index (χ4v) is 2.26. The summed E-state index contributed by atoms with van der Waals surface area (Å²) < 4.78 is 0. The van der Waals surface area contributed by atoms with Gasteiger partial charge in [0.2, 0.25) is 5.91 Å². The summed E-state index contributed by atoms with van der Waals surface area (Å²) in [5.74, 6) is 0.0684. The van der Waals surface area contributed by atoms with Crippen LogP contribution in [-0.2, 0) is 4.79 Å². The first-order valence-corrected chi connectivity index (χ1v) is 7.76. The summed E-state index contributed by atoms with van der Waals surface area (Å²) in [5.41, 5.74) is 0.770. The monoisotopic (exact) mass is 293 g/mol. The Morgan fingerprint density at radius 3 is 2.55 bits per heavy atom. The lowest BCUT2D eigenvalue weighted by Gasteiger charge is -2.05. The Labute approximate surface area is 127 Å². The highest BCUT2D eigenvalue weighted by molar-refractivity contribution is 6.30. The predicted octanol–water partition coefficient (Wildman–Crippen LogP) is 5.59. The normalized spacial score (nSPS) is 10.2. The molecule has 0 radical (unpaired) electrons. The van der Waals surface area contributed by atoms with E-state index in [4.69, 9.17) is 11.6 Å². The molecule has 0 heterocycles. The van der Waals surface area contributed by atoms with Gasteiger partial charge in [-0.1, -0.05) is 49.4 Å². The number of hydrogen-bond donors (Lipinski definition) is 1. The van der Waals surface area contributed by atoms with Crippen molar-refractivity contribution in [3.05, 3.63) is 41.9 Å². The molecule has 0 bridgehead atoms. The molecule has 0 saturated heterocycles. The van der Waals surface area contributed by atoms with Gasteiger partial charge in [0.05, 0.1) is 0 Å². The van der Waals surface area contributed by atoms with Crippen molar-refractivity contribution in [3.8, 4) is 0 Å². The van der Waals surface area contributed by atoms with Crippen LogP contribution in [0, 0.1) is 0 Å². The number of halogens is 1. The third-order valence-electron chi connectivity index (χ3n) is 3.17. The van der Waals surface area contributed by atoms with Gasteiger partial charge in [-0.15, -0.1) is 6.58 Å². The molecule has 1 aromatic rings. The van der Waals surface area contributed by atoms with Gasteiger partial charge in [-0.05, 0) is 37.5 Å². The zero-order valence-electron chi connectivity index (χ0n) is 12.0. The van der Waals surface area contributed by atoms with Gasteiger partial charge >= 0.3 is 0 Å². The number of rotatable bonds is 10. The number of anilines is 1. The average molecular weight is 294 g/mol. The molecule has 1 aromatic carbocycles. The Bertz CT molecular complexity index is 417. The van der Waals surface area contributed by atoms with E-state index in [1.807, 2.05) is 18.2 Å². The standard InChI is InChI=1S/C17H24ClNO/c1-2-3-4-5-6-7-8-9-13-17(20)19-16-12-10-11-15(18)14-16/h2,10-12,14H,1,3-9,13H2,(H,19,20). The van der Waals surface area contributed by atoms with Crippen LogP contribution < -0.4 is 5.32 Å². The van der Waals surface area contributed by atoms with Gasteiger partial charge in [-0.2, -0.15) is 0 Å². The van der Waals surface area contributed by atoms with Gasteiger partial charge in [0.1, 0.15) is 0 Å². The van der Waals surface area contributed by atoms with Crippen LogP contribution in [0.3, 0.4) is 0 Å². The van der Waals surface area contributed by atoms with Crippen LogP contribution in [0.5, 0.6) is 0 Å². The highest BCUT2D eigenvalue weighted by Gasteiger charge is 2.02. The summed E-state index contributed by atoms with van der Waals surface area (Å²) in [6, 6.07) is 7.24. The molecule has 0 aliphatic carbocycles. The maximum Gasteiger partial charge on any atom is 0.224 e. The summed E-state index contributed by atoms with van der Waals surface area (Å²) >= 11 is 5.87. The van der Waals surface area contributed by atoms with E-state index in [1.54, 1.807) is 12.1 Å². The first-order valence-electron chi connectivity index (χ1n) is 7.38. The molecular formula is C17H24ClNO. The molecule has 0 saturated carbocycles. The lowest BCUT2D eigenvalue weighted by molar-refractivity contribution is -0.116. The quantitative estimate of drug-likeness (QED) is 0.442. The minimum Gasteiger partial charge on any atom is -0.326 e. The van der Waals surface area contributed by atoms with E-state index in [9.17, 15) is 4.79 Å². The number of unbranched alkanes of at least 4 members (excludes halogenated alkanes) is 6. The van der Waals surface area contributed by atoms with E-state index in [-0.39, 0.29) is 5.91 Å². The molecule has 0 aliphatic rings. The fourth-order valence-electron chi connectivity index (χ4n) is 2.07. The van der Waals surface area contributed by atoms with Gasteiger partial charge in [0.15, 0.2) is 0 Å². The SMILES string of the molecule is C=CCCCCCCCCC(=O)Nc1cccc(Cl)c1. The number of nitrogens with one attached hydrogen (secondary N) is 1. The molecule has 3 heteroatoms. The molecule has 0 atom stereocenters. The second kappa shape index (κ2) is 10.5. The molecule has 0 aliphatic heterocycles. The first kappa shape index (κ1) is 16.8. The van der Waals surface area contributed by atoms with Crippen molar-refractivity contribution >= 4 is 23.2 Å². The second-order valence-corrected chi connectivity index (χ2v) is 5.44. The van der Waals surface area contributed by atoms with Gasteiger partial charge in [-0.3, -0.25) is 4.79 Å². The van der Waals surface area contributed by atoms with Crippen molar-refractivity contribution in [2.75, 3.05) is 5.32 Å². The predicted molar refractivity (Wildman–Crippen MR) is 87.2 cm³/mol. The number of benzene rings is 1. The number of amides is 1. The van der Waals surface area contributed by atoms with Crippen molar-refractivity contribution in [2.24, 2.45) is 0 Å². The lowest BCUT2D eigenvalue weighted by atomic mass is 10.1. The summed E-state index contributed by atoms with van der Waals surface area (Å²) in [4.78, 5) is 11.7. The molecule has 1 rings (SSSR count). The van der Waals surface area contributed by atoms with E-state index in [0.29, 0.717) is 11.4 Å². The van der Waals surface area contributed by atoms with Gasteiger partial charge in [0, 0.05) is 17.1 Å². The maximum absolute atomic E-state index is 11.7. The average Bonchev–Trinajstić information content (AvgIpc) is 2.42.